The second-order valence-corrected chi connectivity index (χ2v) is 6.34. The number of fused-ring (bicyclic) bond motifs is 1. The molecule has 1 fully saturated rings. The lowest BCUT2D eigenvalue weighted by Crippen LogP contribution is -2.42. The van der Waals surface area contributed by atoms with Gasteiger partial charge in [-0.25, -0.2) is 0 Å². The van der Waals surface area contributed by atoms with Crippen molar-refractivity contribution in [3.05, 3.63) is 22.2 Å². The zero-order valence-corrected chi connectivity index (χ0v) is 13.5. The molecular formula is C15H19BrN2O3. The van der Waals surface area contributed by atoms with Crippen LogP contribution in [0.4, 0.5) is 0 Å². The van der Waals surface area contributed by atoms with Crippen LogP contribution in [0.3, 0.4) is 0 Å². The van der Waals surface area contributed by atoms with E-state index in [1.54, 1.807) is 0 Å². The third kappa shape index (κ3) is 3.68. The van der Waals surface area contributed by atoms with Crippen LogP contribution in [0.5, 0.6) is 11.5 Å². The van der Waals surface area contributed by atoms with Crippen molar-refractivity contribution in [3.8, 4) is 11.5 Å². The van der Waals surface area contributed by atoms with E-state index in [1.165, 1.54) is 0 Å². The minimum atomic E-state index is -0.211. The third-order valence-electron chi connectivity index (χ3n) is 3.59. The number of hydrogen-bond acceptors (Lipinski definition) is 4. The monoisotopic (exact) mass is 354 g/mol. The zero-order chi connectivity index (χ0) is 14.8. The summed E-state index contributed by atoms with van der Waals surface area (Å²) in [5.74, 6) is 1.57. The Kier molecular flexibility index (Phi) is 4.35. The fourth-order valence-corrected chi connectivity index (χ4v) is 2.79. The summed E-state index contributed by atoms with van der Waals surface area (Å²) in [5.41, 5.74) is 1.05. The molecule has 2 N–H and O–H groups in total. The van der Waals surface area contributed by atoms with Gasteiger partial charge in [0.15, 0.2) is 11.5 Å². The van der Waals surface area contributed by atoms with E-state index in [4.69, 9.17) is 9.47 Å². The number of hydrogen-bond donors (Lipinski definition) is 2. The van der Waals surface area contributed by atoms with E-state index in [1.807, 2.05) is 19.1 Å². The van der Waals surface area contributed by atoms with Crippen LogP contribution in [0, 0.1) is 0 Å². The van der Waals surface area contributed by atoms with Crippen molar-refractivity contribution in [2.75, 3.05) is 13.2 Å². The van der Waals surface area contributed by atoms with Crippen molar-refractivity contribution in [3.63, 3.8) is 0 Å². The molecule has 1 saturated carbocycles. The van der Waals surface area contributed by atoms with Crippen LogP contribution in [0.2, 0.25) is 0 Å². The van der Waals surface area contributed by atoms with Crippen molar-refractivity contribution in [1.82, 2.24) is 10.6 Å². The number of halogens is 1. The first kappa shape index (κ1) is 14.7. The van der Waals surface area contributed by atoms with Gasteiger partial charge in [-0.05, 0) is 53.4 Å². The first-order chi connectivity index (χ1) is 10.1. The van der Waals surface area contributed by atoms with Crippen LogP contribution in [0.25, 0.3) is 0 Å². The minimum absolute atomic E-state index is 0.0640. The molecule has 3 rings (SSSR count). The first-order valence-corrected chi connectivity index (χ1v) is 8.04. The number of benzene rings is 1. The fraction of sp³-hybridized carbons (Fsp3) is 0.533. The zero-order valence-electron chi connectivity index (χ0n) is 11.9. The van der Waals surface area contributed by atoms with Crippen LogP contribution < -0.4 is 20.1 Å². The van der Waals surface area contributed by atoms with Gasteiger partial charge in [0.2, 0.25) is 5.91 Å². The SMILES string of the molecule is CC(NCc1cc(Br)c2c(c1)OCCO2)C(=O)NC1CC1. The van der Waals surface area contributed by atoms with E-state index in [0.29, 0.717) is 25.8 Å². The van der Waals surface area contributed by atoms with Crippen molar-refractivity contribution in [2.45, 2.75) is 38.4 Å². The van der Waals surface area contributed by atoms with Gasteiger partial charge < -0.3 is 20.1 Å². The summed E-state index contributed by atoms with van der Waals surface area (Å²) in [6, 6.07) is 4.13. The van der Waals surface area contributed by atoms with E-state index < -0.39 is 0 Å². The molecule has 1 aliphatic carbocycles. The summed E-state index contributed by atoms with van der Waals surface area (Å²) in [4.78, 5) is 11.9. The van der Waals surface area contributed by atoms with E-state index in [9.17, 15) is 4.79 Å². The lowest BCUT2D eigenvalue weighted by Gasteiger charge is -2.21. The average Bonchev–Trinajstić information content (AvgIpc) is 3.28. The highest BCUT2D eigenvalue weighted by Crippen LogP contribution is 2.38. The highest BCUT2D eigenvalue weighted by atomic mass is 79.9. The number of carbonyl (C=O) groups is 1. The van der Waals surface area contributed by atoms with Crippen molar-refractivity contribution in [2.24, 2.45) is 0 Å². The van der Waals surface area contributed by atoms with E-state index in [0.717, 1.165) is 34.4 Å². The molecule has 21 heavy (non-hydrogen) atoms. The van der Waals surface area contributed by atoms with E-state index in [2.05, 4.69) is 26.6 Å². The topological polar surface area (TPSA) is 59.6 Å². The molecule has 0 spiro atoms. The van der Waals surface area contributed by atoms with Crippen LogP contribution in [0.15, 0.2) is 16.6 Å². The number of amides is 1. The Morgan fingerprint density at radius 3 is 2.90 bits per heavy atom. The van der Waals surface area contributed by atoms with E-state index in [-0.39, 0.29) is 11.9 Å². The van der Waals surface area contributed by atoms with Crippen LogP contribution in [-0.2, 0) is 11.3 Å². The first-order valence-electron chi connectivity index (χ1n) is 7.25. The largest absolute Gasteiger partial charge is 0.486 e. The Balaban J connectivity index is 1.59. The Labute approximate surface area is 132 Å². The molecule has 1 aliphatic heterocycles. The van der Waals surface area contributed by atoms with Gasteiger partial charge in [-0.3, -0.25) is 4.79 Å². The van der Waals surface area contributed by atoms with Gasteiger partial charge in [-0.15, -0.1) is 0 Å². The lowest BCUT2D eigenvalue weighted by molar-refractivity contribution is -0.122. The molecule has 1 aromatic carbocycles. The summed E-state index contributed by atoms with van der Waals surface area (Å²) >= 11 is 3.50. The summed E-state index contributed by atoms with van der Waals surface area (Å²) in [6.07, 6.45) is 2.21. The molecule has 1 unspecified atom stereocenters. The Hall–Kier alpha value is -1.27. The van der Waals surface area contributed by atoms with E-state index >= 15 is 0 Å². The molecule has 114 valence electrons. The highest BCUT2D eigenvalue weighted by Gasteiger charge is 2.25. The van der Waals surface area contributed by atoms with Gasteiger partial charge in [0.25, 0.3) is 0 Å². The molecule has 6 heteroatoms. The number of ether oxygens (including phenoxy) is 2. The lowest BCUT2D eigenvalue weighted by atomic mass is 10.1. The highest BCUT2D eigenvalue weighted by molar-refractivity contribution is 9.10. The van der Waals surface area contributed by atoms with Gasteiger partial charge >= 0.3 is 0 Å². The summed E-state index contributed by atoms with van der Waals surface area (Å²) < 4.78 is 12.0. The maximum atomic E-state index is 11.9. The number of carbonyl (C=O) groups excluding carboxylic acids is 1. The Morgan fingerprint density at radius 2 is 2.14 bits per heavy atom. The quantitative estimate of drug-likeness (QED) is 0.848. The van der Waals surface area contributed by atoms with Crippen LogP contribution in [0.1, 0.15) is 25.3 Å². The standard InChI is InChI=1S/C15H19BrN2O3/c1-9(15(19)18-11-2-3-11)17-8-10-6-12(16)14-13(7-10)20-4-5-21-14/h6-7,9,11,17H,2-5,8H2,1H3,(H,18,19). The Bertz CT molecular complexity index is 546. The summed E-state index contributed by atoms with van der Waals surface area (Å²) in [6.45, 7) is 3.62. The molecule has 5 nitrogen and oxygen atoms in total. The molecule has 1 aromatic rings. The average molecular weight is 355 g/mol. The smallest absolute Gasteiger partial charge is 0.237 e. The molecule has 1 amide bonds. The van der Waals surface area contributed by atoms with Crippen molar-refractivity contribution >= 4 is 21.8 Å². The molecule has 1 heterocycles. The molecule has 0 aromatic heterocycles. The summed E-state index contributed by atoms with van der Waals surface area (Å²) in [5, 5.41) is 6.23. The van der Waals surface area contributed by atoms with Gasteiger partial charge in [0.05, 0.1) is 10.5 Å². The van der Waals surface area contributed by atoms with Gasteiger partial charge in [0.1, 0.15) is 13.2 Å². The molecule has 0 saturated heterocycles. The van der Waals surface area contributed by atoms with Crippen molar-refractivity contribution < 1.29 is 14.3 Å². The normalized spacial score (nSPS) is 18.2. The predicted molar refractivity (Wildman–Crippen MR) is 82.6 cm³/mol. The Morgan fingerprint density at radius 1 is 1.38 bits per heavy atom. The van der Waals surface area contributed by atoms with Crippen molar-refractivity contribution in [1.29, 1.82) is 0 Å². The third-order valence-corrected chi connectivity index (χ3v) is 4.18. The van der Waals surface area contributed by atoms with Gasteiger partial charge in [-0.2, -0.15) is 0 Å². The maximum absolute atomic E-state index is 11.9. The van der Waals surface area contributed by atoms with Gasteiger partial charge in [0, 0.05) is 12.6 Å². The number of nitrogens with one attached hydrogen (secondary N) is 2. The molecule has 0 radical (unpaired) electrons. The van der Waals surface area contributed by atoms with Crippen LogP contribution >= 0.6 is 15.9 Å². The fourth-order valence-electron chi connectivity index (χ4n) is 2.18. The molecule has 0 bridgehead atoms. The second-order valence-electron chi connectivity index (χ2n) is 5.49. The van der Waals surface area contributed by atoms with Gasteiger partial charge in [-0.1, -0.05) is 0 Å². The maximum Gasteiger partial charge on any atom is 0.237 e. The number of rotatable bonds is 5. The predicted octanol–water partition coefficient (Wildman–Crippen LogP) is 1.98. The van der Waals surface area contributed by atoms with Crippen LogP contribution in [-0.4, -0.2) is 31.2 Å². The minimum Gasteiger partial charge on any atom is -0.486 e. The summed E-state index contributed by atoms with van der Waals surface area (Å²) in [7, 11) is 0. The molecule has 1 atom stereocenters. The second kappa shape index (κ2) is 6.23. The molecule has 2 aliphatic rings. The molecular weight excluding hydrogens is 336 g/mol.